The lowest BCUT2D eigenvalue weighted by Crippen LogP contribution is -2.20. The first-order valence-electron chi connectivity index (χ1n) is 3.64. The Hall–Kier alpha value is -1.44. The van der Waals surface area contributed by atoms with Crippen molar-refractivity contribution in [3.8, 4) is 5.75 Å². The maximum absolute atomic E-state index is 12.8. The van der Waals surface area contributed by atoms with Gasteiger partial charge in [-0.2, -0.15) is 4.39 Å². The quantitative estimate of drug-likeness (QED) is 0.619. The number of rotatable bonds is 2. The molecule has 8 heteroatoms. The highest BCUT2D eigenvalue weighted by atomic mass is 19.4. The topological polar surface area (TPSA) is 48.1 Å². The Morgan fingerprint density at radius 1 is 1.33 bits per heavy atom. The predicted octanol–water partition coefficient (Wildman–Crippen LogP) is 1.72. The molecule has 0 spiro atoms. The molecule has 0 aromatic carbocycles. The van der Waals surface area contributed by atoms with E-state index in [9.17, 15) is 22.0 Å². The molecule has 0 aliphatic rings. The van der Waals surface area contributed by atoms with Gasteiger partial charge in [0.05, 0.1) is 11.8 Å². The molecule has 0 unspecified atom stereocenters. The van der Waals surface area contributed by atoms with Crippen LogP contribution in [-0.4, -0.2) is 11.3 Å². The summed E-state index contributed by atoms with van der Waals surface area (Å²) in [6, 6.07) is 0. The van der Waals surface area contributed by atoms with Crippen molar-refractivity contribution in [1.29, 1.82) is 0 Å². The average molecular weight is 228 g/mol. The second-order valence-electron chi connectivity index (χ2n) is 2.46. The zero-order valence-corrected chi connectivity index (χ0v) is 7.11. The molecular formula is C7H5F5N2O. The summed E-state index contributed by atoms with van der Waals surface area (Å²) in [5, 5.41) is 0. The maximum Gasteiger partial charge on any atom is 0.573 e. The molecule has 1 heterocycles. The van der Waals surface area contributed by atoms with Crippen LogP contribution in [0.2, 0.25) is 0 Å². The fourth-order valence-corrected chi connectivity index (χ4v) is 0.891. The van der Waals surface area contributed by atoms with Crippen LogP contribution in [0, 0.1) is 11.8 Å². The van der Waals surface area contributed by atoms with E-state index in [0.717, 1.165) is 0 Å². The van der Waals surface area contributed by atoms with Crippen LogP contribution in [0.25, 0.3) is 0 Å². The number of hydrogen-bond donors (Lipinski definition) is 1. The SMILES string of the molecule is NCc1c(F)ncc(F)c1OC(F)(F)F. The van der Waals surface area contributed by atoms with Gasteiger partial charge in [0, 0.05) is 6.54 Å². The fraction of sp³-hybridized carbons (Fsp3) is 0.286. The highest BCUT2D eigenvalue weighted by Gasteiger charge is 2.34. The number of ether oxygens (including phenoxy) is 1. The molecule has 2 N–H and O–H groups in total. The summed E-state index contributed by atoms with van der Waals surface area (Å²) in [7, 11) is 0. The third-order valence-corrected chi connectivity index (χ3v) is 1.45. The molecule has 1 aromatic rings. The molecule has 0 fully saturated rings. The first kappa shape index (κ1) is 11.6. The van der Waals surface area contributed by atoms with E-state index in [1.165, 1.54) is 0 Å². The van der Waals surface area contributed by atoms with Crippen molar-refractivity contribution >= 4 is 0 Å². The van der Waals surface area contributed by atoms with Gasteiger partial charge in [-0.3, -0.25) is 0 Å². The monoisotopic (exact) mass is 228 g/mol. The molecule has 0 amide bonds. The molecular weight excluding hydrogens is 223 g/mol. The van der Waals surface area contributed by atoms with Crippen molar-refractivity contribution < 1.29 is 26.7 Å². The summed E-state index contributed by atoms with van der Waals surface area (Å²) in [6.45, 7) is -0.651. The van der Waals surface area contributed by atoms with Crippen molar-refractivity contribution in [1.82, 2.24) is 4.98 Å². The van der Waals surface area contributed by atoms with Crippen LogP contribution >= 0.6 is 0 Å². The maximum atomic E-state index is 12.8. The Balaban J connectivity index is 3.20. The Morgan fingerprint density at radius 2 is 1.93 bits per heavy atom. The smallest absolute Gasteiger partial charge is 0.402 e. The van der Waals surface area contributed by atoms with Gasteiger partial charge >= 0.3 is 6.36 Å². The number of alkyl halides is 3. The van der Waals surface area contributed by atoms with E-state index in [0.29, 0.717) is 0 Å². The van der Waals surface area contributed by atoms with Gasteiger partial charge in [0.1, 0.15) is 0 Å². The van der Waals surface area contributed by atoms with Crippen molar-refractivity contribution in [2.75, 3.05) is 0 Å². The highest BCUT2D eigenvalue weighted by Crippen LogP contribution is 2.29. The molecule has 0 radical (unpaired) electrons. The predicted molar refractivity (Wildman–Crippen MR) is 38.7 cm³/mol. The van der Waals surface area contributed by atoms with Gasteiger partial charge in [0.15, 0.2) is 11.6 Å². The van der Waals surface area contributed by atoms with E-state index in [1.54, 1.807) is 0 Å². The lowest BCUT2D eigenvalue weighted by atomic mass is 10.2. The molecule has 0 bridgehead atoms. The normalized spacial score (nSPS) is 11.6. The van der Waals surface area contributed by atoms with Gasteiger partial charge in [0.25, 0.3) is 0 Å². The molecule has 3 nitrogen and oxygen atoms in total. The molecule has 0 aliphatic heterocycles. The fourth-order valence-electron chi connectivity index (χ4n) is 0.891. The first-order chi connectivity index (χ1) is 6.85. The Labute approximate surface area is 80.7 Å². The van der Waals surface area contributed by atoms with E-state index in [-0.39, 0.29) is 6.20 Å². The average Bonchev–Trinajstić information content (AvgIpc) is 2.10. The molecule has 0 atom stereocenters. The summed E-state index contributed by atoms with van der Waals surface area (Å²) in [5.74, 6) is -4.00. The van der Waals surface area contributed by atoms with E-state index >= 15 is 0 Å². The van der Waals surface area contributed by atoms with E-state index in [1.807, 2.05) is 0 Å². The van der Waals surface area contributed by atoms with E-state index in [4.69, 9.17) is 5.73 Å². The third-order valence-electron chi connectivity index (χ3n) is 1.45. The van der Waals surface area contributed by atoms with Crippen molar-refractivity contribution in [2.24, 2.45) is 5.73 Å². The lowest BCUT2D eigenvalue weighted by molar-refractivity contribution is -0.276. The van der Waals surface area contributed by atoms with Gasteiger partial charge in [-0.15, -0.1) is 13.2 Å². The zero-order valence-electron chi connectivity index (χ0n) is 7.11. The lowest BCUT2D eigenvalue weighted by Gasteiger charge is -2.12. The zero-order chi connectivity index (χ0) is 11.6. The molecule has 84 valence electrons. The second-order valence-corrected chi connectivity index (χ2v) is 2.46. The first-order valence-corrected chi connectivity index (χ1v) is 3.64. The number of halogens is 5. The minimum atomic E-state index is -5.11. The number of aromatic nitrogens is 1. The minimum absolute atomic E-state index is 0.287. The van der Waals surface area contributed by atoms with Crippen LogP contribution in [0.1, 0.15) is 5.56 Å². The van der Waals surface area contributed by atoms with Crippen LogP contribution in [0.4, 0.5) is 22.0 Å². The van der Waals surface area contributed by atoms with Crippen LogP contribution < -0.4 is 10.5 Å². The van der Waals surface area contributed by atoms with Crippen molar-refractivity contribution in [3.63, 3.8) is 0 Å². The van der Waals surface area contributed by atoms with Gasteiger partial charge in [-0.05, 0) is 0 Å². The summed E-state index contributed by atoms with van der Waals surface area (Å²) in [5.41, 5.74) is 4.19. The van der Waals surface area contributed by atoms with Crippen LogP contribution in [0.3, 0.4) is 0 Å². The van der Waals surface area contributed by atoms with Gasteiger partial charge in [-0.1, -0.05) is 0 Å². The minimum Gasteiger partial charge on any atom is -0.402 e. The van der Waals surface area contributed by atoms with Crippen LogP contribution in [0.5, 0.6) is 5.75 Å². The molecule has 1 aromatic heterocycles. The highest BCUT2D eigenvalue weighted by molar-refractivity contribution is 5.32. The Kier molecular flexibility index (Phi) is 3.08. The van der Waals surface area contributed by atoms with Crippen LogP contribution in [-0.2, 0) is 6.54 Å². The largest absolute Gasteiger partial charge is 0.573 e. The van der Waals surface area contributed by atoms with Gasteiger partial charge in [-0.25, -0.2) is 9.37 Å². The number of nitrogens with zero attached hydrogens (tertiary/aromatic N) is 1. The van der Waals surface area contributed by atoms with Gasteiger partial charge in [0.2, 0.25) is 5.95 Å². The molecule has 15 heavy (non-hydrogen) atoms. The number of hydrogen-bond acceptors (Lipinski definition) is 3. The molecule has 1 rings (SSSR count). The van der Waals surface area contributed by atoms with E-state index in [2.05, 4.69) is 9.72 Å². The second kappa shape index (κ2) is 3.97. The summed E-state index contributed by atoms with van der Waals surface area (Å²) in [4.78, 5) is 2.87. The van der Waals surface area contributed by atoms with Crippen molar-refractivity contribution in [3.05, 3.63) is 23.5 Å². The Bertz CT molecular complexity index is 365. The summed E-state index contributed by atoms with van der Waals surface area (Å²) in [6.07, 6.45) is -4.83. The number of nitrogens with two attached hydrogens (primary N) is 1. The summed E-state index contributed by atoms with van der Waals surface area (Å²) >= 11 is 0. The molecule has 0 saturated heterocycles. The third kappa shape index (κ3) is 2.75. The molecule has 0 saturated carbocycles. The van der Waals surface area contributed by atoms with Crippen LogP contribution in [0.15, 0.2) is 6.20 Å². The number of pyridine rings is 1. The van der Waals surface area contributed by atoms with Crippen molar-refractivity contribution in [2.45, 2.75) is 12.9 Å². The molecule has 0 aliphatic carbocycles. The van der Waals surface area contributed by atoms with E-state index < -0.39 is 36.0 Å². The van der Waals surface area contributed by atoms with Gasteiger partial charge < -0.3 is 10.5 Å². The standard InChI is InChI=1S/C7H5F5N2O/c8-4-2-14-6(9)3(1-13)5(4)15-7(10,11)12/h2H,1,13H2. The summed E-state index contributed by atoms with van der Waals surface area (Å²) < 4.78 is 64.3. The Morgan fingerprint density at radius 3 is 2.40 bits per heavy atom.